The second-order valence-corrected chi connectivity index (χ2v) is 9.13. The number of fused-ring (bicyclic) bond motifs is 5. The Balaban J connectivity index is 1.57. The van der Waals surface area contributed by atoms with Crippen LogP contribution in [0, 0.1) is 0 Å². The highest BCUT2D eigenvalue weighted by atomic mass is 32.1. The highest BCUT2D eigenvalue weighted by molar-refractivity contribution is 7.26. The fraction of sp³-hybridized carbons (Fsp3) is 0. The zero-order chi connectivity index (χ0) is 21.8. The summed E-state index contributed by atoms with van der Waals surface area (Å²) < 4.78 is 2.50. The summed E-state index contributed by atoms with van der Waals surface area (Å²) >= 11 is 1.80. The largest absolute Gasteiger partial charge is 0.256 e. The van der Waals surface area contributed by atoms with E-state index in [9.17, 15) is 0 Å². The van der Waals surface area contributed by atoms with Gasteiger partial charge in [0.15, 0.2) is 5.82 Å². The minimum Gasteiger partial charge on any atom is -0.256 e. The maximum Gasteiger partial charge on any atom is 0.161 e. The SMILES string of the molecule is c1cnc2c(-c3nc(-c4cccc5c4sc4ccccc45)nc4ccccc34)cccc2c1. The molecule has 0 aliphatic rings. The number of hydrogen-bond acceptors (Lipinski definition) is 4. The molecule has 154 valence electrons. The first kappa shape index (κ1) is 18.4. The van der Waals surface area contributed by atoms with Gasteiger partial charge in [0.2, 0.25) is 0 Å². The van der Waals surface area contributed by atoms with Crippen LogP contribution in [0.5, 0.6) is 0 Å². The van der Waals surface area contributed by atoms with Gasteiger partial charge in [-0.05, 0) is 24.3 Å². The molecule has 0 bridgehead atoms. The molecule has 0 unspecified atom stereocenters. The monoisotopic (exact) mass is 439 g/mol. The van der Waals surface area contributed by atoms with Crippen LogP contribution >= 0.6 is 11.3 Å². The van der Waals surface area contributed by atoms with E-state index in [2.05, 4.69) is 83.8 Å². The zero-order valence-electron chi connectivity index (χ0n) is 17.6. The summed E-state index contributed by atoms with van der Waals surface area (Å²) in [6, 6.07) is 33.5. The van der Waals surface area contributed by atoms with Gasteiger partial charge in [0.25, 0.3) is 0 Å². The molecule has 0 radical (unpaired) electrons. The molecule has 7 rings (SSSR count). The van der Waals surface area contributed by atoms with Gasteiger partial charge in [-0.3, -0.25) is 4.98 Å². The van der Waals surface area contributed by atoms with Crippen molar-refractivity contribution in [1.82, 2.24) is 15.0 Å². The summed E-state index contributed by atoms with van der Waals surface area (Å²) in [7, 11) is 0. The van der Waals surface area contributed by atoms with Crippen LogP contribution in [0.15, 0.2) is 103 Å². The normalized spacial score (nSPS) is 11.6. The molecule has 7 aromatic rings. The molecule has 4 heteroatoms. The van der Waals surface area contributed by atoms with Crippen molar-refractivity contribution in [2.75, 3.05) is 0 Å². The maximum atomic E-state index is 5.17. The predicted molar refractivity (Wildman–Crippen MR) is 139 cm³/mol. The Morgan fingerprint density at radius 2 is 1.33 bits per heavy atom. The van der Waals surface area contributed by atoms with Gasteiger partial charge in [0.05, 0.1) is 16.7 Å². The molecule has 0 saturated carbocycles. The van der Waals surface area contributed by atoms with E-state index in [1.165, 1.54) is 20.2 Å². The lowest BCUT2D eigenvalue weighted by molar-refractivity contribution is 1.23. The average molecular weight is 440 g/mol. The predicted octanol–water partition coefficient (Wildman–Crippen LogP) is 7.88. The van der Waals surface area contributed by atoms with Crippen molar-refractivity contribution < 1.29 is 0 Å². The minimum atomic E-state index is 0.744. The first-order valence-corrected chi connectivity index (χ1v) is 11.7. The number of pyridine rings is 1. The van der Waals surface area contributed by atoms with Crippen molar-refractivity contribution in [2.24, 2.45) is 0 Å². The molecule has 0 saturated heterocycles. The molecule has 0 aliphatic carbocycles. The van der Waals surface area contributed by atoms with Crippen molar-refractivity contribution in [3.05, 3.63) is 103 Å². The van der Waals surface area contributed by atoms with Gasteiger partial charge in [0, 0.05) is 48.3 Å². The van der Waals surface area contributed by atoms with Gasteiger partial charge in [-0.1, -0.05) is 72.8 Å². The molecule has 3 nitrogen and oxygen atoms in total. The molecule has 0 aliphatic heterocycles. The van der Waals surface area contributed by atoms with Gasteiger partial charge in [-0.15, -0.1) is 11.3 Å². The Morgan fingerprint density at radius 1 is 0.576 bits per heavy atom. The summed E-state index contributed by atoms with van der Waals surface area (Å²) in [5, 5.41) is 4.66. The molecule has 33 heavy (non-hydrogen) atoms. The third-order valence-electron chi connectivity index (χ3n) is 6.14. The third kappa shape index (κ3) is 2.85. The number of nitrogens with zero attached hydrogens (tertiary/aromatic N) is 3. The van der Waals surface area contributed by atoms with E-state index in [0.717, 1.165) is 44.5 Å². The molecule has 0 amide bonds. The first-order chi connectivity index (χ1) is 16.4. The zero-order valence-corrected chi connectivity index (χ0v) is 18.4. The fourth-order valence-electron chi connectivity index (χ4n) is 4.62. The van der Waals surface area contributed by atoms with Crippen LogP contribution < -0.4 is 0 Å². The van der Waals surface area contributed by atoms with E-state index in [1.54, 1.807) is 11.3 Å². The van der Waals surface area contributed by atoms with Crippen LogP contribution in [-0.2, 0) is 0 Å². The smallest absolute Gasteiger partial charge is 0.161 e. The van der Waals surface area contributed by atoms with Gasteiger partial charge in [-0.25, -0.2) is 9.97 Å². The fourth-order valence-corrected chi connectivity index (χ4v) is 5.83. The van der Waals surface area contributed by atoms with Crippen LogP contribution in [0.4, 0.5) is 0 Å². The van der Waals surface area contributed by atoms with Gasteiger partial charge in [-0.2, -0.15) is 0 Å². The lowest BCUT2D eigenvalue weighted by atomic mass is 10.0. The Hall–Kier alpha value is -4.15. The van der Waals surface area contributed by atoms with E-state index >= 15 is 0 Å². The average Bonchev–Trinajstić information content (AvgIpc) is 3.27. The summed E-state index contributed by atoms with van der Waals surface area (Å²) in [5.74, 6) is 0.744. The van der Waals surface area contributed by atoms with E-state index < -0.39 is 0 Å². The van der Waals surface area contributed by atoms with Crippen LogP contribution in [-0.4, -0.2) is 15.0 Å². The molecule has 0 spiro atoms. The first-order valence-electron chi connectivity index (χ1n) is 10.9. The summed E-state index contributed by atoms with van der Waals surface area (Å²) in [5.41, 5.74) is 4.89. The summed E-state index contributed by atoms with van der Waals surface area (Å²) in [6.07, 6.45) is 1.84. The number of para-hydroxylation sites is 2. The van der Waals surface area contributed by atoms with E-state index in [-0.39, 0.29) is 0 Å². The third-order valence-corrected chi connectivity index (χ3v) is 7.36. The van der Waals surface area contributed by atoms with Crippen molar-refractivity contribution in [1.29, 1.82) is 0 Å². The Bertz CT molecular complexity index is 1830. The van der Waals surface area contributed by atoms with Gasteiger partial charge in [0.1, 0.15) is 0 Å². The second kappa shape index (κ2) is 7.19. The number of thiophene rings is 1. The minimum absolute atomic E-state index is 0.744. The number of benzene rings is 4. The lowest BCUT2D eigenvalue weighted by Gasteiger charge is -2.11. The topological polar surface area (TPSA) is 38.7 Å². The van der Waals surface area contributed by atoms with Gasteiger partial charge < -0.3 is 0 Å². The summed E-state index contributed by atoms with van der Waals surface area (Å²) in [6.45, 7) is 0. The second-order valence-electron chi connectivity index (χ2n) is 8.07. The molecule has 0 N–H and O–H groups in total. The van der Waals surface area contributed by atoms with Crippen molar-refractivity contribution in [2.45, 2.75) is 0 Å². The molecular formula is C29H17N3S. The van der Waals surface area contributed by atoms with Crippen molar-refractivity contribution in [3.8, 4) is 22.6 Å². The van der Waals surface area contributed by atoms with Crippen LogP contribution in [0.3, 0.4) is 0 Å². The quantitative estimate of drug-likeness (QED) is 0.275. The standard InChI is InChI=1S/C29H17N3S/c1-3-15-24-21(11-1)27(22-13-5-8-18-9-7-17-30-26(18)22)32-29(31-24)23-14-6-12-20-19-10-2-4-16-25(19)33-28(20)23/h1-17H. The molecule has 3 heterocycles. The Labute approximate surface area is 194 Å². The van der Waals surface area contributed by atoms with Crippen LogP contribution in [0.2, 0.25) is 0 Å². The number of rotatable bonds is 2. The maximum absolute atomic E-state index is 5.17. The van der Waals surface area contributed by atoms with E-state index in [1.807, 2.05) is 24.4 Å². The van der Waals surface area contributed by atoms with Crippen LogP contribution in [0.1, 0.15) is 0 Å². The van der Waals surface area contributed by atoms with Gasteiger partial charge >= 0.3 is 0 Å². The lowest BCUT2D eigenvalue weighted by Crippen LogP contribution is -1.96. The highest BCUT2D eigenvalue weighted by Crippen LogP contribution is 2.40. The van der Waals surface area contributed by atoms with E-state index in [4.69, 9.17) is 9.97 Å². The van der Waals surface area contributed by atoms with E-state index in [0.29, 0.717) is 0 Å². The summed E-state index contributed by atoms with van der Waals surface area (Å²) in [4.78, 5) is 14.9. The molecule has 4 aromatic carbocycles. The molecule has 3 aromatic heterocycles. The number of hydrogen-bond donors (Lipinski definition) is 0. The number of aromatic nitrogens is 3. The molecule has 0 fully saturated rings. The van der Waals surface area contributed by atoms with Crippen LogP contribution in [0.25, 0.3) is 64.6 Å². The molecule has 0 atom stereocenters. The Kier molecular flexibility index (Phi) is 4.01. The highest BCUT2D eigenvalue weighted by Gasteiger charge is 2.17. The van der Waals surface area contributed by atoms with Crippen molar-refractivity contribution in [3.63, 3.8) is 0 Å². The van der Waals surface area contributed by atoms with Crippen molar-refractivity contribution >= 4 is 53.3 Å². The Morgan fingerprint density at radius 3 is 2.30 bits per heavy atom. The molecular weight excluding hydrogens is 422 g/mol.